The SMILES string of the molecule is F.[Nd+3].[OH-].[OH-].[OH-]. The molecule has 0 saturated heterocycles. The van der Waals surface area contributed by atoms with Gasteiger partial charge in [-0.25, -0.2) is 0 Å². The van der Waals surface area contributed by atoms with E-state index >= 15 is 0 Å². The minimum atomic E-state index is 0. The number of rotatable bonds is 0. The van der Waals surface area contributed by atoms with Crippen LogP contribution >= 0.6 is 0 Å². The standard InChI is InChI=1S/FH.Nd.3H2O/h1H;;3*1H2/q;+3;;;/p-3. The molecule has 0 unspecified atom stereocenters. The summed E-state index contributed by atoms with van der Waals surface area (Å²) in [5, 5.41) is 0. The second-order valence-electron chi connectivity index (χ2n) is 0. The van der Waals surface area contributed by atoms with Crippen molar-refractivity contribution in [3.8, 4) is 0 Å². The first-order valence-corrected chi connectivity index (χ1v) is 0. The molecule has 0 aromatic carbocycles. The quantitative estimate of drug-likeness (QED) is 0.551. The van der Waals surface area contributed by atoms with E-state index in [1.807, 2.05) is 0 Å². The molecule has 0 aliphatic rings. The molecule has 0 saturated carbocycles. The molecule has 0 aliphatic heterocycles. The first-order chi connectivity index (χ1) is 0. The van der Waals surface area contributed by atoms with Crippen molar-refractivity contribution < 1.29 is 62.0 Å². The van der Waals surface area contributed by atoms with Gasteiger partial charge in [-0.2, -0.15) is 0 Å². The molecule has 0 aromatic heterocycles. The molecule has 5 heavy (non-hydrogen) atoms. The van der Waals surface area contributed by atoms with Crippen LogP contribution in [0.3, 0.4) is 0 Å². The largest absolute Gasteiger partial charge is 3.00 e. The molecule has 0 heterocycles. The molecule has 0 aliphatic carbocycles. The molecule has 33 valence electrons. The third kappa shape index (κ3) is 38.3. The van der Waals surface area contributed by atoms with Crippen LogP contribution in [0, 0.1) is 40.8 Å². The van der Waals surface area contributed by atoms with E-state index in [9.17, 15) is 0 Å². The minimum Gasteiger partial charge on any atom is -0.870 e. The van der Waals surface area contributed by atoms with E-state index < -0.39 is 0 Å². The Labute approximate surface area is 61.6 Å². The molecule has 0 bridgehead atoms. The Morgan fingerprint density at radius 2 is 0.600 bits per heavy atom. The van der Waals surface area contributed by atoms with Crippen molar-refractivity contribution in [2.75, 3.05) is 0 Å². The minimum absolute atomic E-state index is 0. The van der Waals surface area contributed by atoms with Crippen molar-refractivity contribution in [2.45, 2.75) is 0 Å². The van der Waals surface area contributed by atoms with E-state index in [-0.39, 0.29) is 62.0 Å². The van der Waals surface area contributed by atoms with Crippen LogP contribution in [0.1, 0.15) is 0 Å². The topological polar surface area (TPSA) is 90.0 Å². The van der Waals surface area contributed by atoms with E-state index in [1.54, 1.807) is 0 Å². The normalized spacial score (nSPS) is 0. The van der Waals surface area contributed by atoms with E-state index in [0.717, 1.165) is 0 Å². The molecule has 0 spiro atoms. The molecule has 0 fully saturated rings. The van der Waals surface area contributed by atoms with Crippen molar-refractivity contribution in [1.82, 2.24) is 0 Å². The summed E-state index contributed by atoms with van der Waals surface area (Å²) in [6, 6.07) is 0. The van der Waals surface area contributed by atoms with Crippen LogP contribution in [0.15, 0.2) is 0 Å². The van der Waals surface area contributed by atoms with Gasteiger partial charge >= 0.3 is 40.8 Å². The molecule has 0 amide bonds. The third-order valence-corrected chi connectivity index (χ3v) is 0. The van der Waals surface area contributed by atoms with Crippen LogP contribution in [0.4, 0.5) is 4.70 Å². The Morgan fingerprint density at radius 1 is 0.600 bits per heavy atom. The van der Waals surface area contributed by atoms with Gasteiger partial charge in [-0.3, -0.25) is 4.70 Å². The van der Waals surface area contributed by atoms with Crippen molar-refractivity contribution >= 4 is 0 Å². The smallest absolute Gasteiger partial charge is 0.870 e. The van der Waals surface area contributed by atoms with Crippen molar-refractivity contribution in [1.29, 1.82) is 0 Å². The van der Waals surface area contributed by atoms with Gasteiger partial charge in [-0.05, 0) is 0 Å². The zero-order valence-electron chi connectivity index (χ0n) is 2.25. The van der Waals surface area contributed by atoms with Crippen molar-refractivity contribution in [2.24, 2.45) is 0 Å². The van der Waals surface area contributed by atoms with Crippen LogP contribution < -0.4 is 0 Å². The van der Waals surface area contributed by atoms with Crippen LogP contribution in [-0.2, 0) is 0 Å². The molecule has 0 rings (SSSR count). The molecule has 3 N–H and O–H groups in total. The first-order valence-electron chi connectivity index (χ1n) is 0. The summed E-state index contributed by atoms with van der Waals surface area (Å²) in [5.74, 6) is 0. The zero-order chi connectivity index (χ0) is 0. The van der Waals surface area contributed by atoms with E-state index in [2.05, 4.69) is 0 Å². The number of hydrogen-bond acceptors (Lipinski definition) is 3. The van der Waals surface area contributed by atoms with E-state index in [0.29, 0.717) is 0 Å². The van der Waals surface area contributed by atoms with Gasteiger partial charge in [0.2, 0.25) is 0 Å². The molecule has 1 radical (unpaired) electrons. The van der Waals surface area contributed by atoms with E-state index in [4.69, 9.17) is 0 Å². The van der Waals surface area contributed by atoms with Crippen molar-refractivity contribution in [3.63, 3.8) is 0 Å². The predicted molar refractivity (Wildman–Crippen MR) is 8.31 cm³/mol. The summed E-state index contributed by atoms with van der Waals surface area (Å²) in [4.78, 5) is 0. The van der Waals surface area contributed by atoms with Gasteiger partial charge in [0.15, 0.2) is 0 Å². The van der Waals surface area contributed by atoms with Crippen LogP contribution in [0.2, 0.25) is 0 Å². The Bertz CT molecular complexity index is 6.85. The summed E-state index contributed by atoms with van der Waals surface area (Å²) in [6.07, 6.45) is 0. The molecule has 3 nitrogen and oxygen atoms in total. The number of hydrogen-bond donors (Lipinski definition) is 0. The van der Waals surface area contributed by atoms with Gasteiger partial charge in [0, 0.05) is 0 Å². The fourth-order valence-corrected chi connectivity index (χ4v) is 0. The monoisotopic (exact) mass is 213 g/mol. The second-order valence-corrected chi connectivity index (χ2v) is 0. The maximum atomic E-state index is 0. The summed E-state index contributed by atoms with van der Waals surface area (Å²) in [7, 11) is 0. The van der Waals surface area contributed by atoms with Gasteiger partial charge in [-0.1, -0.05) is 0 Å². The van der Waals surface area contributed by atoms with Crippen molar-refractivity contribution in [3.05, 3.63) is 0 Å². The summed E-state index contributed by atoms with van der Waals surface area (Å²) < 4.78 is 0. The molecule has 0 aromatic rings. The van der Waals surface area contributed by atoms with Gasteiger partial charge < -0.3 is 16.4 Å². The Hall–Kier alpha value is 1.16. The van der Waals surface area contributed by atoms with Gasteiger partial charge in [0.1, 0.15) is 0 Å². The molecule has 0 atom stereocenters. The Kier molecular flexibility index (Phi) is 1620. The Balaban J connectivity index is 0. The van der Waals surface area contributed by atoms with Crippen LogP contribution in [0.5, 0.6) is 0 Å². The fourth-order valence-electron chi connectivity index (χ4n) is 0. The molecular formula is H4FNdO3. The summed E-state index contributed by atoms with van der Waals surface area (Å²) >= 11 is 0. The average molecular weight is 215 g/mol. The van der Waals surface area contributed by atoms with Gasteiger partial charge in [-0.15, -0.1) is 0 Å². The number of halogens is 1. The van der Waals surface area contributed by atoms with Gasteiger partial charge in [0.05, 0.1) is 0 Å². The third-order valence-electron chi connectivity index (χ3n) is 0. The Morgan fingerprint density at radius 3 is 0.600 bits per heavy atom. The molecule has 5 heteroatoms. The summed E-state index contributed by atoms with van der Waals surface area (Å²) in [6.45, 7) is 0. The van der Waals surface area contributed by atoms with Gasteiger partial charge in [0.25, 0.3) is 0 Å². The predicted octanol–water partition coefficient (Wildman–Crippen LogP) is -0.378. The first kappa shape index (κ1) is 122. The van der Waals surface area contributed by atoms with E-state index in [1.165, 1.54) is 0 Å². The maximum Gasteiger partial charge on any atom is 3.00 e. The van der Waals surface area contributed by atoms with Crippen LogP contribution in [0.25, 0.3) is 0 Å². The zero-order valence-corrected chi connectivity index (χ0v) is 5.46. The maximum absolute atomic E-state index is 0. The second kappa shape index (κ2) is 66.3. The molecular weight excluding hydrogens is 211 g/mol. The summed E-state index contributed by atoms with van der Waals surface area (Å²) in [5.41, 5.74) is 0. The average Bonchev–Trinajstić information content (AvgIpc) is 0. The fraction of sp³-hybridized carbons (Fsp3) is 0. The van der Waals surface area contributed by atoms with Crippen LogP contribution in [-0.4, -0.2) is 16.4 Å².